The average Bonchev–Trinajstić information content (AvgIpc) is 2.32. The van der Waals surface area contributed by atoms with Gasteiger partial charge in [-0.25, -0.2) is 0 Å². The third kappa shape index (κ3) is 10.6. The molecule has 0 fully saturated rings. The molecule has 0 spiro atoms. The molecular formula is C12H24F3IN4O. The van der Waals surface area contributed by atoms with E-state index in [2.05, 4.69) is 20.9 Å². The minimum absolute atomic E-state index is 0. The molecule has 0 radical (unpaired) electrons. The Hall–Kier alpha value is -0.740. The molecule has 9 heteroatoms. The number of aliphatic imine (C=N–C) groups is 1. The molecule has 0 aliphatic carbocycles. The van der Waals surface area contributed by atoms with E-state index in [1.165, 1.54) is 7.05 Å². The number of halogens is 4. The molecule has 1 amide bonds. The minimum atomic E-state index is -4.20. The predicted octanol–water partition coefficient (Wildman–Crippen LogP) is 1.88. The van der Waals surface area contributed by atoms with Crippen LogP contribution in [0.15, 0.2) is 4.99 Å². The Labute approximate surface area is 140 Å². The third-order valence-electron chi connectivity index (χ3n) is 2.57. The quantitative estimate of drug-likeness (QED) is 0.347. The van der Waals surface area contributed by atoms with Crippen LogP contribution in [0.4, 0.5) is 13.2 Å². The van der Waals surface area contributed by atoms with Gasteiger partial charge in [0.25, 0.3) is 0 Å². The Morgan fingerprint density at radius 2 is 1.71 bits per heavy atom. The molecule has 0 aliphatic heterocycles. The predicted molar refractivity (Wildman–Crippen MR) is 87.9 cm³/mol. The second kappa shape index (κ2) is 10.1. The van der Waals surface area contributed by atoms with Crippen molar-refractivity contribution >= 4 is 35.8 Å². The smallest absolute Gasteiger partial charge is 0.356 e. The molecule has 0 aliphatic rings. The fraction of sp³-hybridized carbons (Fsp3) is 0.833. The highest BCUT2D eigenvalue weighted by atomic mass is 127. The summed E-state index contributed by atoms with van der Waals surface area (Å²) in [6.45, 7) is 5.84. The summed E-state index contributed by atoms with van der Waals surface area (Å²) in [7, 11) is 1.46. The summed E-state index contributed by atoms with van der Waals surface area (Å²) in [5, 5.41) is 8.11. The van der Waals surface area contributed by atoms with Crippen molar-refractivity contribution in [2.24, 2.45) is 10.4 Å². The van der Waals surface area contributed by atoms with Gasteiger partial charge in [0.1, 0.15) is 0 Å². The van der Waals surface area contributed by atoms with Crippen LogP contribution in [0.3, 0.4) is 0 Å². The molecule has 0 atom stereocenters. The van der Waals surface area contributed by atoms with Crippen molar-refractivity contribution in [2.45, 2.75) is 33.4 Å². The Balaban J connectivity index is 0. The number of hydrogen-bond acceptors (Lipinski definition) is 2. The van der Waals surface area contributed by atoms with Gasteiger partial charge in [-0.2, -0.15) is 13.2 Å². The number of hydrogen-bond donors (Lipinski definition) is 3. The molecule has 5 nitrogen and oxygen atoms in total. The number of carbonyl (C=O) groups excluding carboxylic acids is 1. The van der Waals surface area contributed by atoms with Gasteiger partial charge in [-0.15, -0.1) is 24.0 Å². The molecule has 0 aromatic heterocycles. The van der Waals surface area contributed by atoms with Gasteiger partial charge in [-0.05, 0) is 20.8 Å². The van der Waals surface area contributed by atoms with Crippen LogP contribution in [0, 0.1) is 5.41 Å². The van der Waals surface area contributed by atoms with E-state index in [1.807, 2.05) is 6.92 Å². The third-order valence-corrected chi connectivity index (χ3v) is 2.57. The number of nitrogens with one attached hydrogen (secondary N) is 3. The number of nitrogens with zero attached hydrogens (tertiary/aromatic N) is 1. The summed E-state index contributed by atoms with van der Waals surface area (Å²) in [5.41, 5.74) is -0.683. The van der Waals surface area contributed by atoms with E-state index in [9.17, 15) is 18.0 Å². The largest absolute Gasteiger partial charge is 0.390 e. The molecule has 0 saturated carbocycles. The first-order valence-electron chi connectivity index (χ1n) is 6.42. The molecule has 0 saturated heterocycles. The summed E-state index contributed by atoms with van der Waals surface area (Å²) in [4.78, 5) is 15.6. The first-order chi connectivity index (χ1) is 9.12. The van der Waals surface area contributed by atoms with Crippen molar-refractivity contribution in [1.29, 1.82) is 0 Å². The highest BCUT2D eigenvalue weighted by Crippen LogP contribution is 2.18. The molecule has 0 aromatic carbocycles. The van der Waals surface area contributed by atoms with Crippen LogP contribution < -0.4 is 16.0 Å². The van der Waals surface area contributed by atoms with Gasteiger partial charge in [0, 0.05) is 26.7 Å². The zero-order valence-electron chi connectivity index (χ0n) is 12.7. The number of guanidine groups is 1. The minimum Gasteiger partial charge on any atom is -0.356 e. The molecule has 0 aromatic rings. The first-order valence-corrected chi connectivity index (χ1v) is 6.42. The van der Waals surface area contributed by atoms with E-state index < -0.39 is 18.0 Å². The molecule has 3 N–H and O–H groups in total. The van der Waals surface area contributed by atoms with Crippen molar-refractivity contribution < 1.29 is 18.0 Å². The van der Waals surface area contributed by atoms with Crippen molar-refractivity contribution in [3.63, 3.8) is 0 Å². The van der Waals surface area contributed by atoms with Crippen molar-refractivity contribution in [2.75, 3.05) is 26.7 Å². The Kier molecular flexibility index (Phi) is 10.8. The highest BCUT2D eigenvalue weighted by Gasteiger charge is 2.28. The van der Waals surface area contributed by atoms with E-state index in [1.54, 1.807) is 13.8 Å². The Morgan fingerprint density at radius 1 is 1.14 bits per heavy atom. The maximum atomic E-state index is 12.0. The van der Waals surface area contributed by atoms with Crippen LogP contribution in [0.25, 0.3) is 0 Å². The number of amides is 1. The molecule has 21 heavy (non-hydrogen) atoms. The fourth-order valence-electron chi connectivity index (χ4n) is 1.33. The van der Waals surface area contributed by atoms with Gasteiger partial charge in [0.05, 0.1) is 11.8 Å². The number of rotatable bonds is 6. The number of alkyl halides is 3. The normalized spacial score (nSPS) is 12.4. The SMILES string of the molecule is CCNC(=O)C(C)(C)CNC(=NC)NCCC(F)(F)F.I. The maximum absolute atomic E-state index is 12.0. The summed E-state index contributed by atoms with van der Waals surface area (Å²) in [6.07, 6.45) is -5.14. The van der Waals surface area contributed by atoms with E-state index in [4.69, 9.17) is 0 Å². The lowest BCUT2D eigenvalue weighted by atomic mass is 9.92. The fourth-order valence-corrected chi connectivity index (χ4v) is 1.33. The standard InChI is InChI=1S/C12H23F3N4O.HI/c1-5-17-9(20)11(2,3)8-19-10(16-4)18-7-6-12(13,14)15;/h5-8H2,1-4H3,(H,17,20)(H2,16,18,19);1H. The maximum Gasteiger partial charge on any atom is 0.390 e. The molecule has 126 valence electrons. The van der Waals surface area contributed by atoms with Crippen molar-refractivity contribution in [1.82, 2.24) is 16.0 Å². The lowest BCUT2D eigenvalue weighted by Gasteiger charge is -2.24. The van der Waals surface area contributed by atoms with E-state index >= 15 is 0 Å². The van der Waals surface area contributed by atoms with Crippen LogP contribution in [-0.2, 0) is 4.79 Å². The summed E-state index contributed by atoms with van der Waals surface area (Å²) in [5.74, 6) is 0.116. The van der Waals surface area contributed by atoms with Crippen LogP contribution >= 0.6 is 24.0 Å². The van der Waals surface area contributed by atoms with Gasteiger partial charge in [0.15, 0.2) is 5.96 Å². The topological polar surface area (TPSA) is 65.5 Å². The molecule has 0 heterocycles. The lowest BCUT2D eigenvalue weighted by Crippen LogP contribution is -2.48. The lowest BCUT2D eigenvalue weighted by molar-refractivity contribution is -0.132. The van der Waals surface area contributed by atoms with E-state index in [0.29, 0.717) is 6.54 Å². The Morgan fingerprint density at radius 3 is 2.14 bits per heavy atom. The van der Waals surface area contributed by atoms with Gasteiger partial charge < -0.3 is 16.0 Å². The average molecular weight is 424 g/mol. The summed E-state index contributed by atoms with van der Waals surface area (Å²) in [6, 6.07) is 0. The van der Waals surface area contributed by atoms with E-state index in [-0.39, 0.29) is 48.9 Å². The van der Waals surface area contributed by atoms with Crippen molar-refractivity contribution in [3.05, 3.63) is 0 Å². The molecule has 0 rings (SSSR count). The summed E-state index contributed by atoms with van der Waals surface area (Å²) < 4.78 is 36.1. The molecule has 0 unspecified atom stereocenters. The monoisotopic (exact) mass is 424 g/mol. The Bertz CT molecular complexity index is 346. The van der Waals surface area contributed by atoms with Gasteiger partial charge >= 0.3 is 6.18 Å². The second-order valence-electron chi connectivity index (χ2n) is 4.96. The van der Waals surface area contributed by atoms with Gasteiger partial charge in [-0.3, -0.25) is 9.79 Å². The van der Waals surface area contributed by atoms with Crippen LogP contribution in [0.1, 0.15) is 27.2 Å². The van der Waals surface area contributed by atoms with E-state index in [0.717, 1.165) is 0 Å². The first kappa shape index (κ1) is 22.5. The zero-order valence-corrected chi connectivity index (χ0v) is 15.1. The van der Waals surface area contributed by atoms with Gasteiger partial charge in [0.2, 0.25) is 5.91 Å². The van der Waals surface area contributed by atoms with Crippen LogP contribution in [0.2, 0.25) is 0 Å². The number of carbonyl (C=O) groups is 1. The molecule has 0 bridgehead atoms. The van der Waals surface area contributed by atoms with Gasteiger partial charge in [-0.1, -0.05) is 0 Å². The van der Waals surface area contributed by atoms with Crippen LogP contribution in [-0.4, -0.2) is 44.7 Å². The second-order valence-corrected chi connectivity index (χ2v) is 4.96. The van der Waals surface area contributed by atoms with Crippen molar-refractivity contribution in [3.8, 4) is 0 Å². The molecular weight excluding hydrogens is 400 g/mol. The van der Waals surface area contributed by atoms with Crippen LogP contribution in [0.5, 0.6) is 0 Å². The highest BCUT2D eigenvalue weighted by molar-refractivity contribution is 14.0. The zero-order chi connectivity index (χ0) is 15.8. The summed E-state index contributed by atoms with van der Waals surface area (Å²) >= 11 is 0.